The lowest BCUT2D eigenvalue weighted by molar-refractivity contribution is -0.178. The van der Waals surface area contributed by atoms with Gasteiger partial charge in [-0.25, -0.2) is 8.42 Å². The van der Waals surface area contributed by atoms with E-state index in [1.54, 1.807) is 5.32 Å². The van der Waals surface area contributed by atoms with Crippen LogP contribution in [0, 0.1) is 0 Å². The summed E-state index contributed by atoms with van der Waals surface area (Å²) in [6.07, 6.45) is -5.67. The average Bonchev–Trinajstić information content (AvgIpc) is 2.40. The summed E-state index contributed by atoms with van der Waals surface area (Å²) < 4.78 is 69.5. The molecule has 1 aromatic rings. The summed E-state index contributed by atoms with van der Waals surface area (Å²) in [6, 6.07) is 4.38. The molecule has 0 radical (unpaired) electrons. The van der Waals surface area contributed by atoms with Gasteiger partial charge in [-0.15, -0.1) is 0 Å². The normalized spacial score (nSPS) is 25.2. The van der Waals surface area contributed by atoms with Gasteiger partial charge in [-0.2, -0.15) is 13.2 Å². The van der Waals surface area contributed by atoms with Gasteiger partial charge in [0.15, 0.2) is 9.84 Å². The molecule has 1 heterocycles. The summed E-state index contributed by atoms with van der Waals surface area (Å²) in [5, 5.41) is 1.62. The van der Waals surface area contributed by atoms with Gasteiger partial charge in [0.25, 0.3) is 4.87 Å². The summed E-state index contributed by atoms with van der Waals surface area (Å²) >= 11 is 0. The lowest BCUT2D eigenvalue weighted by atomic mass is 10.0. The Hall–Kier alpha value is -1.77. The predicted octanol–water partition coefficient (Wildman–Crippen LogP) is 1.35. The first-order valence-electron chi connectivity index (χ1n) is 5.88. The molecule has 5 nitrogen and oxygen atoms in total. The fourth-order valence-corrected chi connectivity index (χ4v) is 4.08. The molecule has 21 heavy (non-hydrogen) atoms. The number of hydrogen-bond donors (Lipinski definition) is 1. The fraction of sp³-hybridized carbons (Fsp3) is 0.417. The third kappa shape index (κ3) is 2.35. The van der Waals surface area contributed by atoms with E-state index in [2.05, 4.69) is 0 Å². The third-order valence-electron chi connectivity index (χ3n) is 3.28. The number of nitrogens with one attached hydrogen (secondary N) is 1. The van der Waals surface area contributed by atoms with Gasteiger partial charge >= 0.3 is 6.18 Å². The topological polar surface area (TPSA) is 72.5 Å². The average molecular weight is 323 g/mol. The number of rotatable bonds is 2. The second-order valence-corrected chi connectivity index (χ2v) is 6.77. The van der Waals surface area contributed by atoms with Crippen molar-refractivity contribution in [2.24, 2.45) is 0 Å². The minimum absolute atomic E-state index is 0.274. The van der Waals surface area contributed by atoms with Gasteiger partial charge in [-0.05, 0) is 12.1 Å². The van der Waals surface area contributed by atoms with Crippen LogP contribution < -0.4 is 10.1 Å². The SMILES string of the molecule is COc1ccc(C2(C(F)(F)F)NC(=O)CCS2(=O)=O)cc1. The molecule has 0 bridgehead atoms. The quantitative estimate of drug-likeness (QED) is 0.891. The Morgan fingerprint density at radius 2 is 1.81 bits per heavy atom. The van der Waals surface area contributed by atoms with Crippen LogP contribution in [-0.2, 0) is 19.5 Å². The minimum atomic E-state index is -5.18. The number of benzene rings is 1. The maximum absolute atomic E-state index is 13.5. The number of methoxy groups -OCH3 is 1. The number of halogens is 3. The number of hydrogen-bond acceptors (Lipinski definition) is 4. The number of amides is 1. The van der Waals surface area contributed by atoms with E-state index in [1.165, 1.54) is 19.2 Å². The highest BCUT2D eigenvalue weighted by molar-refractivity contribution is 7.92. The van der Waals surface area contributed by atoms with Crippen molar-refractivity contribution in [1.29, 1.82) is 0 Å². The predicted molar refractivity (Wildman–Crippen MR) is 67.3 cm³/mol. The first kappa shape index (κ1) is 15.6. The maximum atomic E-state index is 13.5. The highest BCUT2D eigenvalue weighted by atomic mass is 32.2. The molecule has 0 spiro atoms. The van der Waals surface area contributed by atoms with Crippen LogP contribution in [0.25, 0.3) is 0 Å². The van der Waals surface area contributed by atoms with Crippen LogP contribution >= 0.6 is 0 Å². The Labute approximate surface area is 119 Å². The molecule has 1 unspecified atom stereocenters. The van der Waals surface area contributed by atoms with E-state index in [9.17, 15) is 26.4 Å². The van der Waals surface area contributed by atoms with Crippen LogP contribution in [0.15, 0.2) is 24.3 Å². The van der Waals surface area contributed by atoms with Gasteiger partial charge < -0.3 is 10.1 Å². The van der Waals surface area contributed by atoms with Crippen molar-refractivity contribution in [1.82, 2.24) is 5.32 Å². The standard InChI is InChI=1S/C12H12F3NO4S/c1-20-9-4-2-8(3-5-9)11(12(13,14)15)16-10(17)6-7-21(11,18)19/h2-5H,6-7H2,1H3,(H,16,17). The molecule has 1 saturated heterocycles. The molecule has 116 valence electrons. The summed E-state index contributed by atoms with van der Waals surface area (Å²) in [6.45, 7) is 0. The maximum Gasteiger partial charge on any atom is 0.430 e. The van der Waals surface area contributed by atoms with Gasteiger partial charge in [-0.3, -0.25) is 4.79 Å². The molecule has 1 aliphatic heterocycles. The molecule has 1 N–H and O–H groups in total. The number of carbonyl (C=O) groups excluding carboxylic acids is 1. The summed E-state index contributed by atoms with van der Waals surface area (Å²) in [5.41, 5.74) is -0.566. The van der Waals surface area contributed by atoms with E-state index in [-0.39, 0.29) is 5.75 Å². The zero-order valence-electron chi connectivity index (χ0n) is 10.9. The van der Waals surface area contributed by atoms with Gasteiger partial charge in [0.1, 0.15) is 5.75 Å². The van der Waals surface area contributed by atoms with Crippen molar-refractivity contribution in [2.75, 3.05) is 12.9 Å². The van der Waals surface area contributed by atoms with E-state index >= 15 is 0 Å². The highest BCUT2D eigenvalue weighted by Gasteiger charge is 2.67. The monoisotopic (exact) mass is 323 g/mol. The number of sulfone groups is 1. The number of alkyl halides is 3. The lowest BCUT2D eigenvalue weighted by Gasteiger charge is -2.38. The smallest absolute Gasteiger partial charge is 0.430 e. The van der Waals surface area contributed by atoms with E-state index < -0.39 is 44.5 Å². The molecule has 9 heteroatoms. The lowest BCUT2D eigenvalue weighted by Crippen LogP contribution is -2.64. The van der Waals surface area contributed by atoms with Crippen molar-refractivity contribution in [3.8, 4) is 5.75 Å². The molecule has 0 aromatic heterocycles. The zero-order chi connectivity index (χ0) is 15.9. The Morgan fingerprint density at radius 1 is 1.24 bits per heavy atom. The zero-order valence-corrected chi connectivity index (χ0v) is 11.7. The number of carbonyl (C=O) groups is 1. The second kappa shape index (κ2) is 4.90. The van der Waals surface area contributed by atoms with E-state index in [4.69, 9.17) is 4.74 Å². The minimum Gasteiger partial charge on any atom is -0.497 e. The molecule has 0 aliphatic carbocycles. The molecule has 1 aromatic carbocycles. The van der Waals surface area contributed by atoms with Crippen molar-refractivity contribution >= 4 is 15.7 Å². The Morgan fingerprint density at radius 3 is 2.29 bits per heavy atom. The first-order chi connectivity index (χ1) is 9.64. The molecule has 1 atom stereocenters. The van der Waals surface area contributed by atoms with Crippen LogP contribution in [0.4, 0.5) is 13.2 Å². The van der Waals surface area contributed by atoms with Crippen LogP contribution in [0.3, 0.4) is 0 Å². The number of ether oxygens (including phenoxy) is 1. The molecule has 0 saturated carbocycles. The second-order valence-electron chi connectivity index (χ2n) is 4.52. The van der Waals surface area contributed by atoms with Crippen LogP contribution in [-0.4, -0.2) is 33.4 Å². The van der Waals surface area contributed by atoms with Crippen molar-refractivity contribution < 1.29 is 31.1 Å². The van der Waals surface area contributed by atoms with Crippen LogP contribution in [0.5, 0.6) is 5.75 Å². The Kier molecular flexibility index (Phi) is 3.64. The van der Waals surface area contributed by atoms with Crippen molar-refractivity contribution in [3.05, 3.63) is 29.8 Å². The van der Waals surface area contributed by atoms with Gasteiger partial charge in [0, 0.05) is 12.0 Å². The summed E-state index contributed by atoms with van der Waals surface area (Å²) in [7, 11) is -3.32. The molecule has 2 rings (SSSR count). The van der Waals surface area contributed by atoms with E-state index in [1.807, 2.05) is 0 Å². The molecule has 1 fully saturated rings. The Bertz CT molecular complexity index is 654. The van der Waals surface area contributed by atoms with Gasteiger partial charge in [-0.1, -0.05) is 12.1 Å². The van der Waals surface area contributed by atoms with Gasteiger partial charge in [0.05, 0.1) is 12.9 Å². The fourth-order valence-electron chi connectivity index (χ4n) is 2.21. The van der Waals surface area contributed by atoms with Crippen LogP contribution in [0.2, 0.25) is 0 Å². The van der Waals surface area contributed by atoms with E-state index in [0.29, 0.717) is 0 Å². The molecular formula is C12H12F3NO4S. The van der Waals surface area contributed by atoms with Gasteiger partial charge in [0.2, 0.25) is 5.91 Å². The largest absolute Gasteiger partial charge is 0.497 e. The Balaban J connectivity index is 2.69. The molecular weight excluding hydrogens is 311 g/mol. The van der Waals surface area contributed by atoms with Crippen LogP contribution in [0.1, 0.15) is 12.0 Å². The van der Waals surface area contributed by atoms with Crippen molar-refractivity contribution in [3.63, 3.8) is 0 Å². The first-order valence-corrected chi connectivity index (χ1v) is 7.54. The summed E-state index contributed by atoms with van der Waals surface area (Å²) in [5.74, 6) is -1.54. The highest BCUT2D eigenvalue weighted by Crippen LogP contribution is 2.45. The summed E-state index contributed by atoms with van der Waals surface area (Å²) in [4.78, 5) is 7.99. The van der Waals surface area contributed by atoms with E-state index in [0.717, 1.165) is 12.1 Å². The van der Waals surface area contributed by atoms with Crippen molar-refractivity contribution in [2.45, 2.75) is 17.5 Å². The third-order valence-corrected chi connectivity index (χ3v) is 5.52. The molecule has 1 amide bonds. The molecule has 1 aliphatic rings.